The van der Waals surface area contributed by atoms with Gasteiger partial charge in [-0.25, -0.2) is 9.18 Å². The minimum Gasteiger partial charge on any atom is -0.493 e. The highest BCUT2D eigenvalue weighted by atomic mass is 19.1. The van der Waals surface area contributed by atoms with Crippen LogP contribution in [0.15, 0.2) is 54.6 Å². The van der Waals surface area contributed by atoms with E-state index >= 15 is 4.39 Å². The molecule has 5 rings (SSSR count). The number of aryl methyl sites for hydroxylation is 3. The van der Waals surface area contributed by atoms with Gasteiger partial charge in [-0.2, -0.15) is 0 Å². The van der Waals surface area contributed by atoms with Crippen LogP contribution in [0.1, 0.15) is 80.6 Å². The number of carboxylic acids is 1. The van der Waals surface area contributed by atoms with Crippen LogP contribution in [0.5, 0.6) is 11.5 Å². The molecule has 46 heavy (non-hydrogen) atoms. The highest BCUT2D eigenvalue weighted by molar-refractivity contribution is 5.78. The van der Waals surface area contributed by atoms with E-state index in [-0.39, 0.29) is 30.2 Å². The molecule has 0 spiro atoms. The summed E-state index contributed by atoms with van der Waals surface area (Å²) < 4.78 is 26.8. The Morgan fingerprint density at radius 2 is 1.78 bits per heavy atom. The molecule has 8 nitrogen and oxygen atoms in total. The van der Waals surface area contributed by atoms with Gasteiger partial charge in [0.15, 0.2) is 11.6 Å². The number of benzene rings is 2. The Kier molecular flexibility index (Phi) is 10.8. The van der Waals surface area contributed by atoms with Crippen LogP contribution in [-0.4, -0.2) is 64.7 Å². The van der Waals surface area contributed by atoms with Crippen molar-refractivity contribution in [3.8, 4) is 11.5 Å². The monoisotopic (exact) mass is 631 g/mol. The molecule has 1 aromatic heterocycles. The molecule has 1 atom stereocenters. The van der Waals surface area contributed by atoms with Gasteiger partial charge >= 0.3 is 12.0 Å². The van der Waals surface area contributed by atoms with Crippen LogP contribution in [-0.2, 0) is 30.5 Å². The van der Waals surface area contributed by atoms with Crippen LogP contribution < -0.4 is 9.47 Å². The van der Waals surface area contributed by atoms with Crippen molar-refractivity contribution >= 4 is 12.0 Å². The summed E-state index contributed by atoms with van der Waals surface area (Å²) in [5, 5.41) is 9.66. The van der Waals surface area contributed by atoms with Crippen molar-refractivity contribution in [1.29, 1.82) is 0 Å². The fourth-order valence-corrected chi connectivity index (χ4v) is 6.06. The predicted molar refractivity (Wildman–Crippen MR) is 175 cm³/mol. The van der Waals surface area contributed by atoms with E-state index in [1.807, 2.05) is 24.3 Å². The van der Waals surface area contributed by atoms with E-state index < -0.39 is 17.8 Å². The number of ether oxygens (including phenoxy) is 2. The smallest absolute Gasteiger partial charge is 0.320 e. The molecule has 1 aliphatic heterocycles. The molecule has 2 aliphatic rings. The number of carbonyl (C=O) groups excluding carboxylic acids is 1. The minimum atomic E-state index is -1.05. The number of urea groups is 1. The van der Waals surface area contributed by atoms with E-state index in [1.54, 1.807) is 15.9 Å². The fourth-order valence-electron chi connectivity index (χ4n) is 6.06. The minimum absolute atomic E-state index is 0.0739. The maximum absolute atomic E-state index is 15.2. The molecular weight excluding hydrogens is 585 g/mol. The molecule has 0 bridgehead atoms. The number of fused-ring (bicyclic) bond motifs is 1. The first-order valence-corrected chi connectivity index (χ1v) is 16.4. The van der Waals surface area contributed by atoms with Gasteiger partial charge in [0.2, 0.25) is 0 Å². The maximum Gasteiger partial charge on any atom is 0.320 e. The van der Waals surface area contributed by atoms with E-state index in [1.165, 1.54) is 36.2 Å². The maximum atomic E-state index is 15.2. The second-order valence-electron chi connectivity index (χ2n) is 13.6. The number of hydrogen-bond acceptors (Lipinski definition) is 5. The van der Waals surface area contributed by atoms with Gasteiger partial charge < -0.3 is 24.4 Å². The largest absolute Gasteiger partial charge is 0.493 e. The molecule has 1 N–H and O–H groups in total. The second-order valence-corrected chi connectivity index (χ2v) is 13.6. The van der Waals surface area contributed by atoms with E-state index in [4.69, 9.17) is 14.5 Å². The van der Waals surface area contributed by atoms with Crippen LogP contribution in [0.25, 0.3) is 0 Å². The van der Waals surface area contributed by atoms with E-state index in [9.17, 15) is 14.7 Å². The third-order valence-corrected chi connectivity index (χ3v) is 8.55. The Morgan fingerprint density at radius 1 is 1.00 bits per heavy atom. The Hall–Kier alpha value is -4.14. The van der Waals surface area contributed by atoms with Crippen molar-refractivity contribution in [2.75, 3.05) is 32.8 Å². The SMILES string of the molecule is CC(C)(C)COc1ccc(CCOc2ccc([C@H](CC(=O)O)N3CCN(CCCc4ccc5c(n4)CCCC5)C3=O)cc2F)cc1. The normalized spacial score (nSPS) is 15.5. The molecule has 0 unspecified atom stereocenters. The zero-order valence-corrected chi connectivity index (χ0v) is 27.3. The highest BCUT2D eigenvalue weighted by Gasteiger charge is 2.35. The van der Waals surface area contributed by atoms with Crippen molar-refractivity contribution in [1.82, 2.24) is 14.8 Å². The second kappa shape index (κ2) is 15.0. The van der Waals surface area contributed by atoms with Gasteiger partial charge in [0.1, 0.15) is 5.75 Å². The molecule has 1 fully saturated rings. The Bertz CT molecular complexity index is 1500. The van der Waals surface area contributed by atoms with Crippen molar-refractivity contribution in [2.45, 2.75) is 78.2 Å². The average Bonchev–Trinajstić information content (AvgIpc) is 3.39. The Balaban J connectivity index is 1.14. The van der Waals surface area contributed by atoms with Gasteiger partial charge in [0.25, 0.3) is 0 Å². The Labute approximate surface area is 271 Å². The summed E-state index contributed by atoms with van der Waals surface area (Å²) in [7, 11) is 0. The number of nitrogens with zero attached hydrogens (tertiary/aromatic N) is 3. The van der Waals surface area contributed by atoms with Gasteiger partial charge in [0, 0.05) is 37.4 Å². The molecule has 1 saturated heterocycles. The van der Waals surface area contributed by atoms with Crippen molar-refractivity contribution in [3.63, 3.8) is 0 Å². The molecule has 3 aromatic rings. The van der Waals surface area contributed by atoms with Gasteiger partial charge in [-0.15, -0.1) is 0 Å². The quantitative estimate of drug-likeness (QED) is 0.205. The number of amides is 2. The fraction of sp³-hybridized carbons (Fsp3) is 0.486. The third-order valence-electron chi connectivity index (χ3n) is 8.55. The van der Waals surface area contributed by atoms with Crippen LogP contribution in [0.4, 0.5) is 9.18 Å². The molecule has 2 amide bonds. The molecule has 2 aromatic carbocycles. The summed E-state index contributed by atoms with van der Waals surface area (Å²) in [6.45, 7) is 8.69. The summed E-state index contributed by atoms with van der Waals surface area (Å²) in [5.41, 5.74) is 5.16. The van der Waals surface area contributed by atoms with E-state index in [0.29, 0.717) is 38.2 Å². The summed E-state index contributed by atoms with van der Waals surface area (Å²) in [4.78, 5) is 33.3. The lowest BCUT2D eigenvalue weighted by Crippen LogP contribution is -2.36. The predicted octanol–water partition coefficient (Wildman–Crippen LogP) is 7.03. The number of carbonyl (C=O) groups is 2. The number of aliphatic carboxylic acids is 1. The standard InChI is InChI=1S/C37H46FN3O5/c1-37(2,3)25-46-30-15-10-26(11-16-30)18-22-45-34-17-13-28(23-31(34)38)33(24-35(42)43)41-21-20-40(36(41)44)19-6-8-29-14-12-27-7-4-5-9-32(27)39-29/h10-17,23,33H,4-9,18-22,24-25H2,1-3H3,(H,42,43)/t33-/m0/s1. The number of pyridine rings is 1. The molecule has 0 saturated carbocycles. The van der Waals surface area contributed by atoms with E-state index in [0.717, 1.165) is 42.7 Å². The lowest BCUT2D eigenvalue weighted by molar-refractivity contribution is -0.138. The van der Waals surface area contributed by atoms with Gasteiger partial charge in [0.05, 0.1) is 25.7 Å². The number of rotatable bonds is 14. The summed E-state index contributed by atoms with van der Waals surface area (Å²) in [5.74, 6) is -0.738. The molecule has 1 aliphatic carbocycles. The lowest BCUT2D eigenvalue weighted by atomic mass is 9.95. The van der Waals surface area contributed by atoms with Crippen molar-refractivity contribution < 1.29 is 28.6 Å². The van der Waals surface area contributed by atoms with Crippen molar-refractivity contribution in [3.05, 3.63) is 88.5 Å². The molecule has 246 valence electrons. The first-order valence-electron chi connectivity index (χ1n) is 16.4. The zero-order chi connectivity index (χ0) is 32.7. The van der Waals surface area contributed by atoms with Crippen LogP contribution >= 0.6 is 0 Å². The topological polar surface area (TPSA) is 92.2 Å². The highest BCUT2D eigenvalue weighted by Crippen LogP contribution is 2.31. The summed E-state index contributed by atoms with van der Waals surface area (Å²) in [6, 6.07) is 15.5. The third kappa shape index (κ3) is 8.98. The first-order chi connectivity index (χ1) is 22.1. The zero-order valence-electron chi connectivity index (χ0n) is 27.3. The Morgan fingerprint density at radius 3 is 2.52 bits per heavy atom. The van der Waals surface area contributed by atoms with Crippen molar-refractivity contribution in [2.24, 2.45) is 5.41 Å². The number of hydrogen-bond donors (Lipinski definition) is 1. The molecule has 0 radical (unpaired) electrons. The lowest BCUT2D eigenvalue weighted by Gasteiger charge is -2.27. The van der Waals surface area contributed by atoms with E-state index in [2.05, 4.69) is 32.9 Å². The molecule has 9 heteroatoms. The molecular formula is C37H46FN3O5. The van der Waals surface area contributed by atoms with Gasteiger partial charge in [-0.1, -0.05) is 45.0 Å². The average molecular weight is 632 g/mol. The molecule has 2 heterocycles. The number of carboxylic acid groups (broad SMARTS) is 1. The van der Waals surface area contributed by atoms with Gasteiger partial charge in [-0.3, -0.25) is 9.78 Å². The van der Waals surface area contributed by atoms with Crippen LogP contribution in [0.3, 0.4) is 0 Å². The van der Waals surface area contributed by atoms with Crippen LogP contribution in [0, 0.1) is 11.2 Å². The van der Waals surface area contributed by atoms with Gasteiger partial charge in [-0.05, 0) is 91.0 Å². The summed E-state index contributed by atoms with van der Waals surface area (Å²) >= 11 is 0. The number of halogens is 1. The summed E-state index contributed by atoms with van der Waals surface area (Å²) in [6.07, 6.45) is 6.36. The first kappa shape index (κ1) is 33.2. The van der Waals surface area contributed by atoms with Crippen LogP contribution in [0.2, 0.25) is 0 Å². The number of aromatic nitrogens is 1.